The van der Waals surface area contributed by atoms with Gasteiger partial charge in [-0.05, 0) is 39.3 Å². The highest BCUT2D eigenvalue weighted by molar-refractivity contribution is 5.90. The third-order valence-corrected chi connectivity index (χ3v) is 3.45. The Morgan fingerprint density at radius 3 is 2.78 bits per heavy atom. The number of rotatable bonds is 5. The summed E-state index contributed by atoms with van der Waals surface area (Å²) >= 11 is 0. The lowest BCUT2D eigenvalue weighted by Crippen LogP contribution is -2.20. The summed E-state index contributed by atoms with van der Waals surface area (Å²) in [5.74, 6) is 0.380. The number of aryl methyl sites for hydroxylation is 2. The molecule has 3 N–H and O–H groups in total. The van der Waals surface area contributed by atoms with Crippen LogP contribution in [0, 0.1) is 13.8 Å². The first kappa shape index (κ1) is 16.8. The number of nitrogens with zero attached hydrogens (tertiary/aromatic N) is 2. The third-order valence-electron chi connectivity index (χ3n) is 3.45. The van der Waals surface area contributed by atoms with Crippen molar-refractivity contribution in [2.75, 3.05) is 11.1 Å². The quantitative estimate of drug-likeness (QED) is 0.871. The van der Waals surface area contributed by atoms with Crippen LogP contribution >= 0.6 is 0 Å². The fourth-order valence-corrected chi connectivity index (χ4v) is 2.17. The smallest absolute Gasteiger partial charge is 0.412 e. The maximum atomic E-state index is 12.0. The van der Waals surface area contributed by atoms with Gasteiger partial charge in [-0.3, -0.25) is 5.32 Å². The Hall–Kier alpha value is -2.57. The Bertz CT molecular complexity index is 697. The molecule has 2 aromatic rings. The summed E-state index contributed by atoms with van der Waals surface area (Å²) in [5, 5.41) is 6.59. The SMILES string of the molecule is CCCC(C)OC(=O)Nc1c(C)noc1-c1ccc(N)c(C)n1. The van der Waals surface area contributed by atoms with Gasteiger partial charge in [0, 0.05) is 0 Å². The van der Waals surface area contributed by atoms with Gasteiger partial charge in [0.05, 0.1) is 11.4 Å². The summed E-state index contributed by atoms with van der Waals surface area (Å²) in [7, 11) is 0. The van der Waals surface area contributed by atoms with E-state index in [1.165, 1.54) is 0 Å². The van der Waals surface area contributed by atoms with E-state index in [1.807, 2.05) is 13.8 Å². The van der Waals surface area contributed by atoms with Crippen LogP contribution in [0.2, 0.25) is 0 Å². The fourth-order valence-electron chi connectivity index (χ4n) is 2.17. The molecule has 0 spiro atoms. The number of nitrogen functional groups attached to an aromatic ring is 1. The topological polar surface area (TPSA) is 103 Å². The first-order valence-electron chi connectivity index (χ1n) is 7.59. The van der Waals surface area contributed by atoms with Crippen molar-refractivity contribution in [3.8, 4) is 11.5 Å². The van der Waals surface area contributed by atoms with Gasteiger partial charge in [0.15, 0.2) is 0 Å². The van der Waals surface area contributed by atoms with Crippen LogP contribution in [0.1, 0.15) is 38.1 Å². The summed E-state index contributed by atoms with van der Waals surface area (Å²) in [6.07, 6.45) is 1.06. The molecule has 0 saturated carbocycles. The van der Waals surface area contributed by atoms with E-state index in [4.69, 9.17) is 15.0 Å². The molecule has 2 heterocycles. The molecular weight excluding hydrogens is 296 g/mol. The average Bonchev–Trinajstić information content (AvgIpc) is 2.83. The molecule has 1 amide bonds. The van der Waals surface area contributed by atoms with E-state index < -0.39 is 6.09 Å². The minimum atomic E-state index is -0.536. The summed E-state index contributed by atoms with van der Waals surface area (Å²) in [4.78, 5) is 16.4. The standard InChI is InChI=1S/C16H22N4O3/c1-5-6-9(2)22-16(21)19-14-11(4)20-23-15(14)13-8-7-12(17)10(3)18-13/h7-9H,5-6,17H2,1-4H3,(H,19,21). The Balaban J connectivity index is 2.21. The largest absolute Gasteiger partial charge is 0.446 e. The molecule has 1 unspecified atom stereocenters. The van der Waals surface area contributed by atoms with Crippen molar-refractivity contribution in [2.45, 2.75) is 46.6 Å². The highest BCUT2D eigenvalue weighted by Gasteiger charge is 2.20. The highest BCUT2D eigenvalue weighted by Crippen LogP contribution is 2.30. The summed E-state index contributed by atoms with van der Waals surface area (Å²) in [5.41, 5.74) is 8.60. The van der Waals surface area contributed by atoms with Crippen LogP contribution in [0.25, 0.3) is 11.5 Å². The normalized spacial score (nSPS) is 12.0. The molecule has 7 heteroatoms. The molecule has 23 heavy (non-hydrogen) atoms. The van der Waals surface area contributed by atoms with Crippen molar-refractivity contribution in [2.24, 2.45) is 0 Å². The molecule has 2 rings (SSSR count). The Labute approximate surface area is 135 Å². The number of amides is 1. The Morgan fingerprint density at radius 2 is 2.13 bits per heavy atom. The molecule has 0 radical (unpaired) electrons. The molecule has 0 aliphatic rings. The maximum absolute atomic E-state index is 12.0. The van der Waals surface area contributed by atoms with Crippen LogP contribution in [0.4, 0.5) is 16.2 Å². The maximum Gasteiger partial charge on any atom is 0.412 e. The first-order chi connectivity index (χ1) is 10.9. The second-order valence-corrected chi connectivity index (χ2v) is 5.47. The molecule has 0 aliphatic heterocycles. The lowest BCUT2D eigenvalue weighted by Gasteiger charge is -2.13. The molecule has 2 aromatic heterocycles. The monoisotopic (exact) mass is 318 g/mol. The summed E-state index contributed by atoms with van der Waals surface area (Å²) in [6.45, 7) is 7.43. The van der Waals surface area contributed by atoms with Gasteiger partial charge in [0.2, 0.25) is 5.76 Å². The summed E-state index contributed by atoms with van der Waals surface area (Å²) < 4.78 is 10.6. The number of hydrogen-bond acceptors (Lipinski definition) is 6. The summed E-state index contributed by atoms with van der Waals surface area (Å²) in [6, 6.07) is 3.46. The van der Waals surface area contributed by atoms with Gasteiger partial charge in [-0.2, -0.15) is 0 Å². The van der Waals surface area contributed by atoms with Crippen LogP contribution in [0.3, 0.4) is 0 Å². The minimum Gasteiger partial charge on any atom is -0.446 e. The second kappa shape index (κ2) is 7.13. The van der Waals surface area contributed by atoms with Crippen LogP contribution in [-0.4, -0.2) is 22.3 Å². The van der Waals surface area contributed by atoms with Crippen LogP contribution in [0.5, 0.6) is 0 Å². The number of ether oxygens (including phenoxy) is 1. The number of aromatic nitrogens is 2. The van der Waals surface area contributed by atoms with Crippen molar-refractivity contribution in [1.82, 2.24) is 10.1 Å². The molecule has 0 saturated heterocycles. The van der Waals surface area contributed by atoms with Crippen molar-refractivity contribution in [3.63, 3.8) is 0 Å². The number of nitrogens with two attached hydrogens (primary N) is 1. The average molecular weight is 318 g/mol. The van der Waals surface area contributed by atoms with Gasteiger partial charge in [-0.25, -0.2) is 9.78 Å². The molecular formula is C16H22N4O3. The Kier molecular flexibility index (Phi) is 5.20. The van der Waals surface area contributed by atoms with E-state index in [1.54, 1.807) is 26.0 Å². The van der Waals surface area contributed by atoms with E-state index in [0.29, 0.717) is 34.2 Å². The van der Waals surface area contributed by atoms with Gasteiger partial charge in [-0.1, -0.05) is 18.5 Å². The molecule has 1 atom stereocenters. The van der Waals surface area contributed by atoms with E-state index in [2.05, 4.69) is 15.5 Å². The number of nitrogens with one attached hydrogen (secondary N) is 1. The number of anilines is 2. The van der Waals surface area contributed by atoms with Gasteiger partial charge >= 0.3 is 6.09 Å². The van der Waals surface area contributed by atoms with Gasteiger partial charge in [0.25, 0.3) is 0 Å². The van der Waals surface area contributed by atoms with Crippen molar-refractivity contribution >= 4 is 17.5 Å². The zero-order valence-corrected chi connectivity index (χ0v) is 13.8. The number of pyridine rings is 1. The third kappa shape index (κ3) is 4.00. The zero-order chi connectivity index (χ0) is 17.0. The van der Waals surface area contributed by atoms with Crippen LogP contribution in [0.15, 0.2) is 16.7 Å². The molecule has 124 valence electrons. The van der Waals surface area contributed by atoms with Crippen LogP contribution in [-0.2, 0) is 4.74 Å². The molecule has 7 nitrogen and oxygen atoms in total. The molecule has 0 bridgehead atoms. The first-order valence-corrected chi connectivity index (χ1v) is 7.59. The van der Waals surface area contributed by atoms with E-state index in [9.17, 15) is 4.79 Å². The van der Waals surface area contributed by atoms with Gasteiger partial charge in [-0.15, -0.1) is 0 Å². The molecule has 0 aliphatic carbocycles. The lowest BCUT2D eigenvalue weighted by atomic mass is 10.2. The van der Waals surface area contributed by atoms with Gasteiger partial charge in [0.1, 0.15) is 23.2 Å². The number of carbonyl (C=O) groups is 1. The fraction of sp³-hybridized carbons (Fsp3) is 0.438. The van der Waals surface area contributed by atoms with Crippen LogP contribution < -0.4 is 11.1 Å². The number of hydrogen-bond donors (Lipinski definition) is 2. The Morgan fingerprint density at radius 1 is 1.39 bits per heavy atom. The zero-order valence-electron chi connectivity index (χ0n) is 13.8. The van der Waals surface area contributed by atoms with E-state index >= 15 is 0 Å². The number of carbonyl (C=O) groups excluding carboxylic acids is 1. The predicted octanol–water partition coefficient (Wildman–Crippen LogP) is 3.67. The highest BCUT2D eigenvalue weighted by atomic mass is 16.6. The van der Waals surface area contributed by atoms with Crippen molar-refractivity contribution < 1.29 is 14.1 Å². The predicted molar refractivity (Wildman–Crippen MR) is 88.1 cm³/mol. The molecule has 0 aromatic carbocycles. The minimum absolute atomic E-state index is 0.152. The second-order valence-electron chi connectivity index (χ2n) is 5.47. The molecule has 0 fully saturated rings. The van der Waals surface area contributed by atoms with E-state index in [0.717, 1.165) is 12.8 Å². The van der Waals surface area contributed by atoms with Crippen molar-refractivity contribution in [1.29, 1.82) is 0 Å². The lowest BCUT2D eigenvalue weighted by molar-refractivity contribution is 0.115. The van der Waals surface area contributed by atoms with Crippen molar-refractivity contribution in [3.05, 3.63) is 23.5 Å². The van der Waals surface area contributed by atoms with E-state index in [-0.39, 0.29) is 6.10 Å². The van der Waals surface area contributed by atoms with Gasteiger partial charge < -0.3 is 15.0 Å².